The first-order chi connectivity index (χ1) is 24.0. The molecule has 0 saturated heterocycles. The number of benzene rings is 1. The average molecular weight is 716 g/mol. The first-order valence-corrected chi connectivity index (χ1v) is 20.4. The van der Waals surface area contributed by atoms with E-state index in [0.717, 1.165) is 61.1 Å². The van der Waals surface area contributed by atoms with Crippen molar-refractivity contribution >= 4 is 23.4 Å². The minimum absolute atomic E-state index is 0.0318. The van der Waals surface area contributed by atoms with Gasteiger partial charge in [0, 0.05) is 29.9 Å². The first-order valence-electron chi connectivity index (χ1n) is 20.0. The van der Waals surface area contributed by atoms with Gasteiger partial charge in [-0.2, -0.15) is 0 Å². The monoisotopic (exact) mass is 715 g/mol. The van der Waals surface area contributed by atoms with Crippen molar-refractivity contribution < 1.29 is 19.8 Å². The van der Waals surface area contributed by atoms with Crippen molar-refractivity contribution in [1.29, 1.82) is 0 Å². The van der Waals surface area contributed by atoms with Gasteiger partial charge in [-0.25, -0.2) is 0 Å². The normalized spacial score (nSPS) is 39.4. The summed E-state index contributed by atoms with van der Waals surface area (Å²) < 4.78 is 0. The number of rotatable bonds is 8. The number of carboxylic acid groups (broad SMARTS) is 1. The number of hydrogen-bond acceptors (Lipinski definition) is 4. The Morgan fingerprint density at radius 2 is 1.67 bits per heavy atom. The summed E-state index contributed by atoms with van der Waals surface area (Å²) in [6, 6.07) is 7.86. The van der Waals surface area contributed by atoms with E-state index < -0.39 is 17.5 Å². The fourth-order valence-corrected chi connectivity index (χ4v) is 13.8. The Bertz CT molecular complexity index is 1670. The molecule has 6 heteroatoms. The predicted molar refractivity (Wildman–Crippen MR) is 205 cm³/mol. The highest BCUT2D eigenvalue weighted by Crippen LogP contribution is 2.77. The van der Waals surface area contributed by atoms with E-state index in [9.17, 15) is 19.8 Å². The van der Waals surface area contributed by atoms with Gasteiger partial charge in [0.25, 0.3) is 0 Å². The van der Waals surface area contributed by atoms with E-state index in [1.54, 1.807) is 0 Å². The van der Waals surface area contributed by atoms with E-state index in [0.29, 0.717) is 43.7 Å². The van der Waals surface area contributed by atoms with Gasteiger partial charge in [-0.15, -0.1) is 0 Å². The van der Waals surface area contributed by atoms with Crippen molar-refractivity contribution in [2.45, 2.75) is 132 Å². The topological polar surface area (TPSA) is 86.6 Å². The molecule has 0 spiro atoms. The van der Waals surface area contributed by atoms with Crippen LogP contribution in [-0.2, 0) is 16.1 Å². The molecule has 5 nitrogen and oxygen atoms in total. The third-order valence-corrected chi connectivity index (χ3v) is 16.6. The number of Topliss-reactive ketones (excluding diaryl/α,β-unsaturated/α-hetero) is 1. The maximum atomic E-state index is 14.0. The number of nitrogens with one attached hydrogen (secondary N) is 1. The summed E-state index contributed by atoms with van der Waals surface area (Å²) in [7, 11) is 0. The largest absolute Gasteiger partial charge is 0.481 e. The van der Waals surface area contributed by atoms with E-state index in [1.165, 1.54) is 29.6 Å². The zero-order valence-corrected chi connectivity index (χ0v) is 33.0. The molecule has 0 radical (unpaired) electrons. The molecule has 51 heavy (non-hydrogen) atoms. The Hall–Kier alpha value is -2.21. The smallest absolute Gasteiger partial charge is 0.306 e. The summed E-state index contributed by atoms with van der Waals surface area (Å²) in [5.41, 5.74) is 6.27. The molecule has 1 aromatic carbocycles. The first kappa shape index (κ1) is 37.1. The number of hydrogen-bond donors (Lipinski definition) is 3. The molecule has 1 aromatic rings. The maximum Gasteiger partial charge on any atom is 0.306 e. The average Bonchev–Trinajstić information content (AvgIpc) is 3.39. The van der Waals surface area contributed by atoms with E-state index in [2.05, 4.69) is 65.9 Å². The summed E-state index contributed by atoms with van der Waals surface area (Å²) in [5, 5.41) is 26.0. The van der Waals surface area contributed by atoms with Crippen LogP contribution in [0.25, 0.3) is 0 Å². The van der Waals surface area contributed by atoms with Gasteiger partial charge in [0.2, 0.25) is 0 Å². The number of aliphatic carboxylic acids is 1. The fourth-order valence-electron chi connectivity index (χ4n) is 13.7. The molecule has 3 saturated carbocycles. The van der Waals surface area contributed by atoms with Crippen LogP contribution < -0.4 is 5.32 Å². The Kier molecular flexibility index (Phi) is 9.45. The van der Waals surface area contributed by atoms with Gasteiger partial charge in [0.05, 0.1) is 12.0 Å². The van der Waals surface area contributed by atoms with Crippen LogP contribution in [0.2, 0.25) is 5.02 Å². The quantitative estimate of drug-likeness (QED) is 0.249. The lowest BCUT2D eigenvalue weighted by Crippen LogP contribution is -2.64. The van der Waals surface area contributed by atoms with Crippen molar-refractivity contribution in [3.8, 4) is 0 Å². The van der Waals surface area contributed by atoms with Gasteiger partial charge in [-0.3, -0.25) is 9.59 Å². The lowest BCUT2D eigenvalue weighted by molar-refractivity contribution is -0.202. The molecular weight excluding hydrogens is 654 g/mol. The van der Waals surface area contributed by atoms with Gasteiger partial charge in [-0.1, -0.05) is 89.9 Å². The molecule has 0 aliphatic heterocycles. The second-order valence-electron chi connectivity index (χ2n) is 19.2. The number of aliphatic hydroxyl groups is 1. The predicted octanol–water partition coefficient (Wildman–Crippen LogP) is 10.1. The zero-order valence-electron chi connectivity index (χ0n) is 32.2. The lowest BCUT2D eigenvalue weighted by atomic mass is 9.33. The number of carbonyl (C=O) groups excluding carboxylic acids is 1. The van der Waals surface area contributed by atoms with Crippen LogP contribution >= 0.6 is 11.6 Å². The zero-order chi connectivity index (χ0) is 36.7. The summed E-state index contributed by atoms with van der Waals surface area (Å²) >= 11 is 6.11. The number of allylic oxidation sites excluding steroid dienone is 5. The van der Waals surface area contributed by atoms with Crippen LogP contribution in [0.4, 0.5) is 0 Å². The summed E-state index contributed by atoms with van der Waals surface area (Å²) in [5.74, 6) is 0.951. The molecule has 9 atom stereocenters. The number of fused-ring (bicyclic) bond motifs is 7. The lowest BCUT2D eigenvalue weighted by Gasteiger charge is -2.71. The van der Waals surface area contributed by atoms with E-state index in [-0.39, 0.29) is 39.3 Å². The number of halogens is 1. The van der Waals surface area contributed by atoms with Crippen LogP contribution in [0.15, 0.2) is 58.7 Å². The Balaban J connectivity index is 1.18. The molecule has 0 heterocycles. The minimum atomic E-state index is -0.663. The standard InChI is InChI=1S/C45H62ClNO4/c1-27(2)38-34(48)24-45(37(49)26-47-25-28-8-14-31(46)15-9-28)23-22-43(6)33(39(38)45)16-17-36-42(5)20-18-32(29-10-12-30(13-11-29)40(50)51)41(3,4)35(42)19-21-44(36,43)7/h8-10,14-15,18,27,30,33,35-37,47,49H,11-13,16-17,19-26H2,1-7H3,(H,50,51)/t30?,33-,35+,36-,37+,42+,43-,44-,45+/m1/s1. The van der Waals surface area contributed by atoms with Crippen LogP contribution in [0.5, 0.6) is 0 Å². The molecule has 6 aliphatic rings. The number of ketones is 1. The third kappa shape index (κ3) is 5.60. The van der Waals surface area contributed by atoms with E-state index in [1.807, 2.05) is 24.3 Å². The van der Waals surface area contributed by atoms with Crippen LogP contribution in [0.3, 0.4) is 0 Å². The molecule has 3 fully saturated rings. The van der Waals surface area contributed by atoms with E-state index >= 15 is 0 Å². The van der Waals surface area contributed by atoms with Crippen LogP contribution in [0, 0.1) is 56.7 Å². The molecule has 3 N–H and O–H groups in total. The molecule has 278 valence electrons. The van der Waals surface area contributed by atoms with Crippen molar-refractivity contribution in [2.75, 3.05) is 6.54 Å². The summed E-state index contributed by atoms with van der Waals surface area (Å²) in [6.07, 6.45) is 14.5. The highest BCUT2D eigenvalue weighted by Gasteiger charge is 2.70. The molecule has 7 rings (SSSR count). The maximum absolute atomic E-state index is 14.0. The molecule has 0 bridgehead atoms. The Labute approximate surface area is 311 Å². The van der Waals surface area contributed by atoms with Crippen LogP contribution in [-0.4, -0.2) is 34.6 Å². The number of carbonyl (C=O) groups is 2. The van der Waals surface area contributed by atoms with Gasteiger partial charge >= 0.3 is 5.97 Å². The van der Waals surface area contributed by atoms with Crippen LogP contribution in [0.1, 0.15) is 125 Å². The highest BCUT2D eigenvalue weighted by atomic mass is 35.5. The van der Waals surface area contributed by atoms with Crippen molar-refractivity contribution in [3.05, 3.63) is 69.3 Å². The molecule has 0 aromatic heterocycles. The second kappa shape index (κ2) is 13.0. The second-order valence-corrected chi connectivity index (χ2v) is 19.6. The summed E-state index contributed by atoms with van der Waals surface area (Å²) in [4.78, 5) is 25.7. The van der Waals surface area contributed by atoms with Gasteiger partial charge in [0.15, 0.2) is 5.78 Å². The summed E-state index contributed by atoms with van der Waals surface area (Å²) in [6.45, 7) is 18.2. The number of carboxylic acids is 1. The van der Waals surface area contributed by atoms with Gasteiger partial charge in [-0.05, 0) is 144 Å². The van der Waals surface area contributed by atoms with Gasteiger partial charge < -0.3 is 15.5 Å². The van der Waals surface area contributed by atoms with E-state index in [4.69, 9.17) is 11.6 Å². The molecule has 6 aliphatic carbocycles. The molecule has 1 unspecified atom stereocenters. The molecule has 0 amide bonds. The SMILES string of the molecule is CC(C)C1=C2[C@H]3CC[C@@H]4[C@@]5(C)CC=C(C6=CCC(C(=O)O)CC6)C(C)(C)[C@@H]5CC[C@@]4(C)[C@]3(C)CC[C@@]2([C@@H](O)CNCc2ccc(Cl)cc2)CC1=O. The Morgan fingerprint density at radius 1 is 0.941 bits per heavy atom. The third-order valence-electron chi connectivity index (χ3n) is 16.4. The fraction of sp³-hybridized carbons (Fsp3) is 0.689. The van der Waals surface area contributed by atoms with Crippen molar-refractivity contribution in [3.63, 3.8) is 0 Å². The highest BCUT2D eigenvalue weighted by molar-refractivity contribution is 6.30. The van der Waals surface area contributed by atoms with Gasteiger partial charge in [0.1, 0.15) is 0 Å². The minimum Gasteiger partial charge on any atom is -0.481 e. The molecular formula is C45H62ClNO4. The van der Waals surface area contributed by atoms with Crippen molar-refractivity contribution in [2.24, 2.45) is 56.7 Å². The van der Waals surface area contributed by atoms with Crippen molar-refractivity contribution in [1.82, 2.24) is 5.32 Å². The number of aliphatic hydroxyl groups excluding tert-OH is 1. The Morgan fingerprint density at radius 3 is 2.31 bits per heavy atom.